The summed E-state index contributed by atoms with van der Waals surface area (Å²) >= 11 is 5.68. The van der Waals surface area contributed by atoms with Gasteiger partial charge in [-0.3, -0.25) is 4.98 Å². The second-order valence-corrected chi connectivity index (χ2v) is 6.73. The normalized spacial score (nSPS) is 11.5. The topological polar surface area (TPSA) is 62.7 Å². The van der Waals surface area contributed by atoms with Gasteiger partial charge in [0.05, 0.1) is 16.3 Å². The minimum atomic E-state index is -4.55. The molecule has 3 rings (SSSR count). The van der Waals surface area contributed by atoms with Crippen molar-refractivity contribution < 1.29 is 13.2 Å². The maximum absolute atomic E-state index is 13.1. The van der Waals surface area contributed by atoms with E-state index in [1.165, 1.54) is 12.1 Å². The van der Waals surface area contributed by atoms with Gasteiger partial charge in [0.15, 0.2) is 0 Å². The molecule has 3 aromatic rings. The van der Waals surface area contributed by atoms with Crippen LogP contribution in [0.3, 0.4) is 0 Å². The third-order valence-corrected chi connectivity index (χ3v) is 3.97. The lowest BCUT2D eigenvalue weighted by Crippen LogP contribution is -2.13. The molecule has 146 valence electrons. The molecular weight excluding hydrogens is 391 g/mol. The van der Waals surface area contributed by atoms with Crippen LogP contribution >= 0.6 is 11.6 Å². The molecule has 2 aromatic heterocycles. The Kier molecular flexibility index (Phi) is 5.69. The van der Waals surface area contributed by atoms with Gasteiger partial charge in [-0.15, -0.1) is 0 Å². The molecule has 28 heavy (non-hydrogen) atoms. The highest BCUT2D eigenvalue weighted by molar-refractivity contribution is 6.31. The van der Waals surface area contributed by atoms with Gasteiger partial charge in [0.25, 0.3) is 0 Å². The summed E-state index contributed by atoms with van der Waals surface area (Å²) in [7, 11) is 0. The number of hydrogen-bond donors (Lipinski definition) is 2. The predicted molar refractivity (Wildman–Crippen MR) is 104 cm³/mol. The minimum absolute atomic E-state index is 0.0735. The van der Waals surface area contributed by atoms with Crippen molar-refractivity contribution in [3.8, 4) is 11.3 Å². The molecule has 0 spiro atoms. The highest BCUT2D eigenvalue weighted by Crippen LogP contribution is 2.36. The van der Waals surface area contributed by atoms with E-state index in [-0.39, 0.29) is 16.8 Å². The monoisotopic (exact) mass is 407 g/mol. The second kappa shape index (κ2) is 8.02. The molecule has 2 N–H and O–H groups in total. The first-order chi connectivity index (χ1) is 13.2. The molecule has 1 aromatic carbocycles. The number of aromatic nitrogens is 3. The van der Waals surface area contributed by atoms with E-state index in [0.29, 0.717) is 17.5 Å². The first-order valence-electron chi connectivity index (χ1n) is 8.42. The molecule has 2 heterocycles. The molecule has 0 aliphatic carbocycles. The van der Waals surface area contributed by atoms with Crippen molar-refractivity contribution in [2.75, 3.05) is 10.6 Å². The third kappa shape index (κ3) is 4.89. The molecule has 0 saturated heterocycles. The molecule has 0 fully saturated rings. The number of benzene rings is 1. The van der Waals surface area contributed by atoms with Crippen molar-refractivity contribution in [3.05, 3.63) is 59.4 Å². The van der Waals surface area contributed by atoms with Crippen LogP contribution < -0.4 is 10.6 Å². The van der Waals surface area contributed by atoms with E-state index in [0.717, 1.165) is 11.6 Å². The van der Waals surface area contributed by atoms with Crippen molar-refractivity contribution in [3.63, 3.8) is 0 Å². The van der Waals surface area contributed by atoms with Gasteiger partial charge in [0.2, 0.25) is 5.95 Å². The van der Waals surface area contributed by atoms with Crippen LogP contribution in [0.1, 0.15) is 19.4 Å². The van der Waals surface area contributed by atoms with Gasteiger partial charge in [-0.1, -0.05) is 11.6 Å². The molecule has 0 aliphatic rings. The van der Waals surface area contributed by atoms with Crippen molar-refractivity contribution in [1.82, 2.24) is 15.0 Å². The van der Waals surface area contributed by atoms with Crippen molar-refractivity contribution in [2.45, 2.75) is 26.1 Å². The molecule has 0 aliphatic heterocycles. The molecule has 0 amide bonds. The number of pyridine rings is 1. The second-order valence-electron chi connectivity index (χ2n) is 6.32. The number of nitrogens with one attached hydrogen (secondary N) is 2. The van der Waals surface area contributed by atoms with Gasteiger partial charge in [-0.25, -0.2) is 4.98 Å². The molecule has 9 heteroatoms. The number of halogens is 4. The van der Waals surface area contributed by atoms with Crippen LogP contribution in [0.25, 0.3) is 11.3 Å². The summed E-state index contributed by atoms with van der Waals surface area (Å²) in [6.07, 6.45) is -1.26. The predicted octanol–water partition coefficient (Wildman–Crippen LogP) is 5.77. The molecule has 0 atom stereocenters. The zero-order valence-electron chi connectivity index (χ0n) is 15.0. The largest absolute Gasteiger partial charge is 0.417 e. The minimum Gasteiger partial charge on any atom is -0.352 e. The Morgan fingerprint density at radius 2 is 1.86 bits per heavy atom. The van der Waals surface area contributed by atoms with Crippen molar-refractivity contribution in [1.29, 1.82) is 0 Å². The van der Waals surface area contributed by atoms with Gasteiger partial charge < -0.3 is 10.6 Å². The molecule has 0 radical (unpaired) electrons. The van der Waals surface area contributed by atoms with Gasteiger partial charge in [0.1, 0.15) is 5.82 Å². The van der Waals surface area contributed by atoms with E-state index in [9.17, 15) is 13.2 Å². The Morgan fingerprint density at radius 3 is 2.50 bits per heavy atom. The average Bonchev–Trinajstić information content (AvgIpc) is 2.62. The summed E-state index contributed by atoms with van der Waals surface area (Å²) in [5.41, 5.74) is 0.634. The van der Waals surface area contributed by atoms with E-state index in [4.69, 9.17) is 11.6 Å². The van der Waals surface area contributed by atoms with Gasteiger partial charge in [-0.05, 0) is 44.2 Å². The van der Waals surface area contributed by atoms with Crippen LogP contribution in [0.4, 0.5) is 30.6 Å². The number of nitrogens with zero attached hydrogens (tertiary/aromatic N) is 3. The molecule has 5 nitrogen and oxygen atoms in total. The van der Waals surface area contributed by atoms with Gasteiger partial charge >= 0.3 is 6.18 Å². The van der Waals surface area contributed by atoms with Crippen LogP contribution in [-0.4, -0.2) is 21.0 Å². The van der Waals surface area contributed by atoms with Crippen LogP contribution in [0.2, 0.25) is 5.02 Å². The van der Waals surface area contributed by atoms with E-state index >= 15 is 0 Å². The lowest BCUT2D eigenvalue weighted by atomic mass is 10.2. The average molecular weight is 408 g/mol. The lowest BCUT2D eigenvalue weighted by molar-refractivity contribution is -0.137. The Morgan fingerprint density at radius 1 is 1.07 bits per heavy atom. The number of hydrogen-bond acceptors (Lipinski definition) is 5. The van der Waals surface area contributed by atoms with E-state index in [1.54, 1.807) is 24.5 Å². The zero-order chi connectivity index (χ0) is 20.3. The third-order valence-electron chi connectivity index (χ3n) is 3.65. The summed E-state index contributed by atoms with van der Waals surface area (Å²) in [5, 5.41) is 5.64. The first-order valence-corrected chi connectivity index (χ1v) is 8.80. The number of rotatable bonds is 5. The maximum atomic E-state index is 13.1. The van der Waals surface area contributed by atoms with Crippen LogP contribution in [0, 0.1) is 0 Å². The molecule has 0 unspecified atom stereocenters. The zero-order valence-corrected chi connectivity index (χ0v) is 15.8. The van der Waals surface area contributed by atoms with Crippen LogP contribution in [0.5, 0.6) is 0 Å². The number of alkyl halides is 3. The fraction of sp³-hybridized carbons (Fsp3) is 0.211. The summed E-state index contributed by atoms with van der Waals surface area (Å²) in [4.78, 5) is 12.9. The van der Waals surface area contributed by atoms with E-state index in [1.807, 2.05) is 19.9 Å². The summed E-state index contributed by atoms with van der Waals surface area (Å²) in [6, 6.07) is 8.93. The highest BCUT2D eigenvalue weighted by Gasteiger charge is 2.33. The van der Waals surface area contributed by atoms with Gasteiger partial charge in [-0.2, -0.15) is 18.2 Å². The van der Waals surface area contributed by atoms with Crippen LogP contribution in [0.15, 0.2) is 48.8 Å². The maximum Gasteiger partial charge on any atom is 0.417 e. The molecule has 0 saturated carbocycles. The Hall–Kier alpha value is -2.87. The Balaban J connectivity index is 1.99. The first kappa shape index (κ1) is 19.9. The fourth-order valence-corrected chi connectivity index (χ4v) is 2.69. The summed E-state index contributed by atoms with van der Waals surface area (Å²) < 4.78 is 39.3. The van der Waals surface area contributed by atoms with Gasteiger partial charge in [0, 0.05) is 35.8 Å². The smallest absolute Gasteiger partial charge is 0.352 e. The summed E-state index contributed by atoms with van der Waals surface area (Å²) in [6.45, 7) is 3.87. The molecular formula is C19H17ClF3N5. The lowest BCUT2D eigenvalue weighted by Gasteiger charge is -2.14. The van der Waals surface area contributed by atoms with Crippen molar-refractivity contribution in [2.24, 2.45) is 0 Å². The van der Waals surface area contributed by atoms with Crippen LogP contribution in [-0.2, 0) is 6.18 Å². The standard InChI is InChI=1S/C19H17ClF3N5/c1-11(2)25-18-27-16(12-4-3-7-24-10-12)9-17(28-18)26-13-5-6-15(20)14(8-13)19(21,22)23/h3-11H,1-2H3,(H2,25,26,27,28). The van der Waals surface area contributed by atoms with E-state index < -0.39 is 11.7 Å². The highest BCUT2D eigenvalue weighted by atomic mass is 35.5. The Labute approximate surface area is 165 Å². The molecule has 0 bridgehead atoms. The van der Waals surface area contributed by atoms with Crippen molar-refractivity contribution >= 4 is 29.1 Å². The number of anilines is 3. The quantitative estimate of drug-likeness (QED) is 0.561. The summed E-state index contributed by atoms with van der Waals surface area (Å²) in [5.74, 6) is 0.691. The SMILES string of the molecule is CC(C)Nc1nc(Nc2ccc(Cl)c(C(F)(F)F)c2)cc(-c2cccnc2)n1. The fourth-order valence-electron chi connectivity index (χ4n) is 2.46. The van der Waals surface area contributed by atoms with E-state index in [2.05, 4.69) is 25.6 Å². The Bertz CT molecular complexity index is 962.